The quantitative estimate of drug-likeness (QED) is 0.750. The van der Waals surface area contributed by atoms with Gasteiger partial charge in [0.25, 0.3) is 5.91 Å². The van der Waals surface area contributed by atoms with Gasteiger partial charge >= 0.3 is 0 Å². The van der Waals surface area contributed by atoms with E-state index >= 15 is 0 Å². The van der Waals surface area contributed by atoms with Crippen molar-refractivity contribution < 1.29 is 9.53 Å². The molecule has 1 fully saturated rings. The lowest BCUT2D eigenvalue weighted by molar-refractivity contribution is -0.110. The Morgan fingerprint density at radius 3 is 2.71 bits per heavy atom. The number of aromatic nitrogens is 3. The van der Waals surface area contributed by atoms with Crippen LogP contribution in [0.4, 0.5) is 11.4 Å². The largest absolute Gasteiger partial charge is 0.379 e. The number of nitrogens with one attached hydrogen (secondary N) is 1. The summed E-state index contributed by atoms with van der Waals surface area (Å²) >= 11 is 0. The Hall–Kier alpha value is -3.23. The number of carbonyl (C=O) groups excluding carboxylic acids is 1. The molecule has 1 N–H and O–H groups in total. The van der Waals surface area contributed by atoms with Crippen LogP contribution >= 0.6 is 0 Å². The number of rotatable bonds is 4. The molecule has 2 aromatic carbocycles. The molecule has 0 atom stereocenters. The van der Waals surface area contributed by atoms with E-state index in [1.165, 1.54) is 5.56 Å². The standard InChI is InChI=1S/C20H18N6O2/c27-20(19-18-17-15(22-19)2-1-3-16(17)23-25-24-18)21-14-6-4-13(5-7-14)12-26-8-10-28-11-9-26/h1-7H,8-12H2,(H,21,27). The molecule has 8 heteroatoms. The van der Waals surface area contributed by atoms with E-state index in [4.69, 9.17) is 4.74 Å². The van der Waals surface area contributed by atoms with Crippen LogP contribution in [0.5, 0.6) is 0 Å². The third kappa shape index (κ3) is 3.12. The number of morpholine rings is 1. The molecule has 2 aliphatic rings. The number of benzene rings is 2. The van der Waals surface area contributed by atoms with Crippen LogP contribution in [-0.2, 0) is 16.1 Å². The smallest absolute Gasteiger partial charge is 0.276 e. The van der Waals surface area contributed by atoms with Crippen molar-refractivity contribution >= 4 is 33.9 Å². The zero-order valence-corrected chi connectivity index (χ0v) is 15.1. The van der Waals surface area contributed by atoms with Crippen molar-refractivity contribution in [1.82, 2.24) is 20.3 Å². The molecule has 2 aliphatic heterocycles. The summed E-state index contributed by atoms with van der Waals surface area (Å²) in [5.74, 6) is -0.307. The number of ether oxygens (including phenoxy) is 1. The van der Waals surface area contributed by atoms with E-state index in [0.717, 1.165) is 38.2 Å². The Morgan fingerprint density at radius 2 is 1.89 bits per heavy atom. The van der Waals surface area contributed by atoms with Gasteiger partial charge in [-0.1, -0.05) is 18.2 Å². The highest BCUT2D eigenvalue weighted by molar-refractivity contribution is 6.52. The maximum Gasteiger partial charge on any atom is 0.276 e. The molecule has 0 bridgehead atoms. The van der Waals surface area contributed by atoms with Crippen molar-refractivity contribution in [1.29, 1.82) is 0 Å². The molecule has 0 radical (unpaired) electrons. The molecule has 8 nitrogen and oxygen atoms in total. The zero-order valence-electron chi connectivity index (χ0n) is 15.1. The topological polar surface area (TPSA) is 92.6 Å². The van der Waals surface area contributed by atoms with Gasteiger partial charge in [0.15, 0.2) is 5.71 Å². The van der Waals surface area contributed by atoms with Gasteiger partial charge in [-0.05, 0) is 35.0 Å². The van der Waals surface area contributed by atoms with E-state index in [-0.39, 0.29) is 11.6 Å². The van der Waals surface area contributed by atoms with Crippen molar-refractivity contribution in [3.05, 3.63) is 53.7 Å². The molecule has 0 unspecified atom stereocenters. The van der Waals surface area contributed by atoms with Crippen LogP contribution in [0.15, 0.2) is 47.5 Å². The summed E-state index contributed by atoms with van der Waals surface area (Å²) in [6.45, 7) is 4.33. The summed E-state index contributed by atoms with van der Waals surface area (Å²) in [5, 5.41) is 15.4. The maximum absolute atomic E-state index is 12.8. The Bertz CT molecular complexity index is 1070. The second-order valence-corrected chi connectivity index (χ2v) is 6.81. The summed E-state index contributed by atoms with van der Waals surface area (Å²) in [5.41, 5.74) is 4.03. The van der Waals surface area contributed by atoms with E-state index in [1.807, 2.05) is 42.5 Å². The average Bonchev–Trinajstić information content (AvgIpc) is 3.11. The van der Waals surface area contributed by atoms with Gasteiger partial charge in [-0.15, -0.1) is 10.2 Å². The highest BCUT2D eigenvalue weighted by atomic mass is 16.5. The number of anilines is 1. The molecule has 0 spiro atoms. The minimum atomic E-state index is -0.307. The zero-order chi connectivity index (χ0) is 18.9. The molecule has 1 amide bonds. The number of nitrogens with zero attached hydrogens (tertiary/aromatic N) is 5. The third-order valence-electron chi connectivity index (χ3n) is 4.95. The van der Waals surface area contributed by atoms with Gasteiger partial charge in [0.1, 0.15) is 5.69 Å². The molecule has 0 saturated carbocycles. The SMILES string of the molecule is O=C(Nc1ccc(CN2CCOCC2)cc1)C1=Nc2cccc3nnnc1c23. The van der Waals surface area contributed by atoms with Gasteiger partial charge in [0, 0.05) is 25.3 Å². The monoisotopic (exact) mass is 374 g/mol. The molecule has 1 aromatic heterocycles. The number of carbonyl (C=O) groups is 1. The molecule has 5 rings (SSSR count). The molecular formula is C20H18N6O2. The summed E-state index contributed by atoms with van der Waals surface area (Å²) < 4.78 is 5.38. The Labute approximate surface area is 161 Å². The highest BCUT2D eigenvalue weighted by Crippen LogP contribution is 2.32. The Kier molecular flexibility index (Phi) is 4.27. The normalized spacial score (nSPS) is 16.2. The van der Waals surface area contributed by atoms with Crippen LogP contribution in [0.3, 0.4) is 0 Å². The first-order chi connectivity index (χ1) is 13.8. The van der Waals surface area contributed by atoms with Crippen LogP contribution in [0.25, 0.3) is 10.9 Å². The molecule has 28 heavy (non-hydrogen) atoms. The van der Waals surface area contributed by atoms with Gasteiger partial charge in [-0.25, -0.2) is 4.99 Å². The average molecular weight is 374 g/mol. The van der Waals surface area contributed by atoms with Crippen molar-refractivity contribution in [2.45, 2.75) is 6.54 Å². The molecule has 1 saturated heterocycles. The lowest BCUT2D eigenvalue weighted by Crippen LogP contribution is -2.35. The third-order valence-corrected chi connectivity index (χ3v) is 4.95. The molecule has 3 heterocycles. The van der Waals surface area contributed by atoms with E-state index in [2.05, 4.69) is 30.6 Å². The summed E-state index contributed by atoms with van der Waals surface area (Å²) in [6, 6.07) is 13.4. The minimum Gasteiger partial charge on any atom is -0.379 e. The minimum absolute atomic E-state index is 0.262. The molecule has 3 aromatic rings. The maximum atomic E-state index is 12.8. The van der Waals surface area contributed by atoms with Crippen molar-refractivity contribution in [3.8, 4) is 0 Å². The van der Waals surface area contributed by atoms with Crippen LogP contribution in [0.2, 0.25) is 0 Å². The summed E-state index contributed by atoms with van der Waals surface area (Å²) in [7, 11) is 0. The van der Waals surface area contributed by atoms with E-state index in [0.29, 0.717) is 22.6 Å². The number of amides is 1. The fourth-order valence-corrected chi connectivity index (χ4v) is 3.51. The molecular weight excluding hydrogens is 356 g/mol. The first-order valence-electron chi connectivity index (χ1n) is 9.19. The van der Waals surface area contributed by atoms with Gasteiger partial charge in [0.2, 0.25) is 0 Å². The first-order valence-corrected chi connectivity index (χ1v) is 9.19. The number of aliphatic imine (C=N–C) groups is 1. The molecule has 140 valence electrons. The van der Waals surface area contributed by atoms with Crippen LogP contribution in [-0.4, -0.2) is 58.2 Å². The predicted octanol–water partition coefficient (Wildman–Crippen LogP) is 1.93. The fraction of sp³-hybridized carbons (Fsp3) is 0.250. The lowest BCUT2D eigenvalue weighted by Gasteiger charge is -2.26. The summed E-state index contributed by atoms with van der Waals surface area (Å²) in [6.07, 6.45) is 0. The fourth-order valence-electron chi connectivity index (χ4n) is 3.51. The second-order valence-electron chi connectivity index (χ2n) is 6.81. The van der Waals surface area contributed by atoms with Gasteiger partial charge < -0.3 is 10.1 Å². The highest BCUT2D eigenvalue weighted by Gasteiger charge is 2.26. The van der Waals surface area contributed by atoms with Gasteiger partial charge in [0.05, 0.1) is 29.8 Å². The second kappa shape index (κ2) is 7.06. The number of hydrogen-bond donors (Lipinski definition) is 1. The summed E-state index contributed by atoms with van der Waals surface area (Å²) in [4.78, 5) is 19.6. The van der Waals surface area contributed by atoms with E-state index in [9.17, 15) is 4.79 Å². The lowest BCUT2D eigenvalue weighted by atomic mass is 10.1. The van der Waals surface area contributed by atoms with E-state index in [1.54, 1.807) is 0 Å². The Balaban J connectivity index is 1.31. The predicted molar refractivity (Wildman–Crippen MR) is 105 cm³/mol. The van der Waals surface area contributed by atoms with Crippen LogP contribution < -0.4 is 5.32 Å². The van der Waals surface area contributed by atoms with Crippen molar-refractivity contribution in [2.75, 3.05) is 31.6 Å². The van der Waals surface area contributed by atoms with E-state index < -0.39 is 0 Å². The van der Waals surface area contributed by atoms with Gasteiger partial charge in [-0.2, -0.15) is 0 Å². The van der Waals surface area contributed by atoms with Crippen molar-refractivity contribution in [3.63, 3.8) is 0 Å². The van der Waals surface area contributed by atoms with Gasteiger partial charge in [-0.3, -0.25) is 9.69 Å². The Morgan fingerprint density at radius 1 is 1.07 bits per heavy atom. The van der Waals surface area contributed by atoms with Crippen LogP contribution in [0, 0.1) is 0 Å². The van der Waals surface area contributed by atoms with Crippen LogP contribution in [0.1, 0.15) is 11.3 Å². The number of hydrogen-bond acceptors (Lipinski definition) is 7. The molecule has 0 aliphatic carbocycles. The van der Waals surface area contributed by atoms with Crippen molar-refractivity contribution in [2.24, 2.45) is 4.99 Å². The first kappa shape index (κ1) is 16.9.